The van der Waals surface area contributed by atoms with Crippen LogP contribution in [0, 0.1) is 12.2 Å². The molecule has 0 spiro atoms. The maximum Gasteiger partial charge on any atom is 4.00 e. The average Bonchev–Trinajstić information content (AvgIpc) is 2.55. The third-order valence-corrected chi connectivity index (χ3v) is 0.790. The molecular formula is C8H8Cl2Hf. The molecule has 58 valence electrons. The van der Waals surface area contributed by atoms with Gasteiger partial charge in [-0.25, -0.2) is 18.6 Å². The molecule has 0 unspecified atom stereocenters. The van der Waals surface area contributed by atoms with Crippen LogP contribution in [0.25, 0.3) is 0 Å². The van der Waals surface area contributed by atoms with Gasteiger partial charge in [-0.2, -0.15) is 6.08 Å². The van der Waals surface area contributed by atoms with Gasteiger partial charge in [-0.15, -0.1) is 6.42 Å². The van der Waals surface area contributed by atoms with Crippen molar-refractivity contribution in [2.75, 3.05) is 0 Å². The van der Waals surface area contributed by atoms with Crippen LogP contribution < -0.4 is 24.8 Å². The van der Waals surface area contributed by atoms with E-state index in [9.17, 15) is 0 Å². The van der Waals surface area contributed by atoms with Gasteiger partial charge in [0, 0.05) is 0 Å². The molecule has 11 heavy (non-hydrogen) atoms. The number of hydrogen-bond donors (Lipinski definition) is 0. The maximum atomic E-state index is 2.99. The van der Waals surface area contributed by atoms with E-state index >= 15 is 0 Å². The molecule has 0 aliphatic heterocycles. The Kier molecular flexibility index (Phi) is 21.3. The monoisotopic (exact) mass is 354 g/mol. The Hall–Kier alpha value is 0.670. The van der Waals surface area contributed by atoms with E-state index in [4.69, 9.17) is 0 Å². The van der Waals surface area contributed by atoms with Crippen LogP contribution in [0.15, 0.2) is 24.3 Å². The molecule has 0 radical (unpaired) electrons. The zero-order chi connectivity index (χ0) is 5.66. The third kappa shape index (κ3) is 18.0. The van der Waals surface area contributed by atoms with Crippen LogP contribution in [-0.2, 0) is 25.8 Å². The van der Waals surface area contributed by atoms with Crippen LogP contribution in [0.5, 0.6) is 0 Å². The molecule has 0 aromatic rings. The van der Waals surface area contributed by atoms with Crippen molar-refractivity contribution in [1.29, 1.82) is 0 Å². The number of rotatable bonds is 0. The second-order valence-electron chi connectivity index (χ2n) is 1.62. The van der Waals surface area contributed by atoms with Gasteiger partial charge in [-0.05, 0) is 0 Å². The molecular weight excluding hydrogens is 345 g/mol. The molecule has 0 N–H and O–H groups in total. The summed E-state index contributed by atoms with van der Waals surface area (Å²) in [4.78, 5) is 0. The largest absolute Gasteiger partial charge is 4.00 e. The van der Waals surface area contributed by atoms with E-state index in [1.54, 1.807) is 0 Å². The van der Waals surface area contributed by atoms with Crippen molar-refractivity contribution in [2.24, 2.45) is 0 Å². The van der Waals surface area contributed by atoms with Crippen molar-refractivity contribution in [2.45, 2.75) is 12.8 Å². The summed E-state index contributed by atoms with van der Waals surface area (Å²) < 4.78 is 0. The molecule has 2 rings (SSSR count). The molecule has 2 aliphatic carbocycles. The van der Waals surface area contributed by atoms with Crippen molar-refractivity contribution in [3.63, 3.8) is 0 Å². The predicted molar refractivity (Wildman–Crippen MR) is 34.0 cm³/mol. The topological polar surface area (TPSA) is 0 Å². The van der Waals surface area contributed by atoms with Gasteiger partial charge >= 0.3 is 25.8 Å². The first-order chi connectivity index (χ1) is 4.00. The Morgan fingerprint density at radius 2 is 1.55 bits per heavy atom. The van der Waals surface area contributed by atoms with Crippen LogP contribution in [0.3, 0.4) is 0 Å². The zero-order valence-corrected chi connectivity index (χ0v) is 11.1. The van der Waals surface area contributed by atoms with Crippen LogP contribution in [0.1, 0.15) is 12.8 Å². The summed E-state index contributed by atoms with van der Waals surface area (Å²) in [5.74, 6) is 0. The Balaban J connectivity index is -0.0000000967. The van der Waals surface area contributed by atoms with E-state index in [1.165, 1.54) is 0 Å². The van der Waals surface area contributed by atoms with Crippen molar-refractivity contribution < 1.29 is 50.7 Å². The normalized spacial score (nSPS) is 13.1. The van der Waals surface area contributed by atoms with E-state index < -0.39 is 0 Å². The van der Waals surface area contributed by atoms with E-state index in [0.717, 1.165) is 12.8 Å². The summed E-state index contributed by atoms with van der Waals surface area (Å²) in [7, 11) is 0. The van der Waals surface area contributed by atoms with E-state index in [2.05, 4.69) is 18.2 Å². The fraction of sp³-hybridized carbons (Fsp3) is 0.250. The minimum atomic E-state index is 0. The first kappa shape index (κ1) is 17.7. The molecule has 3 heteroatoms. The summed E-state index contributed by atoms with van der Waals surface area (Å²) in [5, 5.41) is 0. The minimum Gasteiger partial charge on any atom is -1.00 e. The second-order valence-corrected chi connectivity index (χ2v) is 1.62. The molecule has 0 heterocycles. The fourth-order valence-corrected chi connectivity index (χ4v) is 0.340. The molecule has 0 aromatic carbocycles. The molecule has 0 saturated carbocycles. The number of allylic oxidation sites excluding steroid dienone is 6. The predicted octanol–water partition coefficient (Wildman–Crippen LogP) is -3.94. The van der Waals surface area contributed by atoms with Gasteiger partial charge in [0.15, 0.2) is 0 Å². The molecule has 0 saturated heterocycles. The summed E-state index contributed by atoms with van der Waals surface area (Å²) in [6.07, 6.45) is 16.0. The Morgan fingerprint density at radius 1 is 1.00 bits per heavy atom. The second kappa shape index (κ2) is 13.3. The fourth-order valence-electron chi connectivity index (χ4n) is 0.340. The van der Waals surface area contributed by atoms with E-state index in [0.29, 0.717) is 0 Å². The summed E-state index contributed by atoms with van der Waals surface area (Å²) >= 11 is 0. The quantitative estimate of drug-likeness (QED) is 0.308. The number of halogens is 2. The first-order valence-corrected chi connectivity index (χ1v) is 2.77. The van der Waals surface area contributed by atoms with Gasteiger partial charge in [0.25, 0.3) is 0 Å². The van der Waals surface area contributed by atoms with Crippen LogP contribution >= 0.6 is 0 Å². The maximum absolute atomic E-state index is 2.99. The smallest absolute Gasteiger partial charge is 1.00 e. The number of hydrogen-bond acceptors (Lipinski definition) is 0. The van der Waals surface area contributed by atoms with Crippen LogP contribution in [0.2, 0.25) is 0 Å². The standard InChI is InChI=1S/C5H5.C3H3.2ClH.Hf/c1-2-4-5-3-1;1-2-3-1;;;/h1-3H,4H2;1H,2H2;2*1H;/q2*-1;;;+4/p-2. The van der Waals surface area contributed by atoms with Crippen molar-refractivity contribution in [3.8, 4) is 0 Å². The molecule has 0 nitrogen and oxygen atoms in total. The Bertz CT molecular complexity index is 125. The summed E-state index contributed by atoms with van der Waals surface area (Å²) in [6.45, 7) is 0. The average molecular weight is 354 g/mol. The van der Waals surface area contributed by atoms with Gasteiger partial charge in [0.05, 0.1) is 0 Å². The van der Waals surface area contributed by atoms with Gasteiger partial charge in [0.2, 0.25) is 0 Å². The van der Waals surface area contributed by atoms with E-state index in [-0.39, 0.29) is 50.7 Å². The van der Waals surface area contributed by atoms with Crippen molar-refractivity contribution in [3.05, 3.63) is 36.5 Å². The molecule has 0 atom stereocenters. The van der Waals surface area contributed by atoms with Gasteiger partial charge in [-0.1, -0.05) is 0 Å². The van der Waals surface area contributed by atoms with Gasteiger partial charge < -0.3 is 30.9 Å². The molecule has 0 aromatic heterocycles. The minimum absolute atomic E-state index is 0. The molecule has 0 fully saturated rings. The Morgan fingerprint density at radius 3 is 1.64 bits per heavy atom. The summed E-state index contributed by atoms with van der Waals surface area (Å²) in [5.41, 5.74) is 0. The Labute approximate surface area is 99.4 Å². The molecule has 2 aliphatic rings. The molecule has 0 amide bonds. The van der Waals surface area contributed by atoms with Gasteiger partial charge in [-0.3, -0.25) is 12.2 Å². The third-order valence-electron chi connectivity index (χ3n) is 0.790. The van der Waals surface area contributed by atoms with Crippen molar-refractivity contribution >= 4 is 0 Å². The molecule has 0 bridgehead atoms. The van der Waals surface area contributed by atoms with Gasteiger partial charge in [0.1, 0.15) is 0 Å². The summed E-state index contributed by atoms with van der Waals surface area (Å²) in [6, 6.07) is 0. The van der Waals surface area contributed by atoms with Crippen LogP contribution in [-0.4, -0.2) is 0 Å². The first-order valence-electron chi connectivity index (χ1n) is 2.77. The zero-order valence-electron chi connectivity index (χ0n) is 5.98. The van der Waals surface area contributed by atoms with Crippen molar-refractivity contribution in [1.82, 2.24) is 0 Å². The SMILES string of the molecule is [C-]1=CC1.[C-]1=CC=CC1.[Cl-].[Cl-].[Hf+4]. The van der Waals surface area contributed by atoms with Crippen LogP contribution in [0.4, 0.5) is 0 Å². The van der Waals surface area contributed by atoms with E-state index in [1.807, 2.05) is 18.2 Å².